The molecule has 1 amide bonds. The predicted octanol–water partition coefficient (Wildman–Crippen LogP) is 6.04. The van der Waals surface area contributed by atoms with Crippen molar-refractivity contribution in [1.82, 2.24) is 15.5 Å². The number of alkyl halides is 6. The fraction of sp³-hybridized carbons (Fsp3) is 0.259. The molecule has 2 aromatic carbocycles. The molecule has 6 nitrogen and oxygen atoms in total. The van der Waals surface area contributed by atoms with Gasteiger partial charge in [0.2, 0.25) is 0 Å². The molecular weight excluding hydrogens is 526 g/mol. The second kappa shape index (κ2) is 10.9. The molecule has 1 unspecified atom stereocenters. The van der Waals surface area contributed by atoms with E-state index < -0.39 is 41.1 Å². The summed E-state index contributed by atoms with van der Waals surface area (Å²) in [7, 11) is 0. The molecule has 0 radical (unpaired) electrons. The Morgan fingerprint density at radius 3 is 2.26 bits per heavy atom. The van der Waals surface area contributed by atoms with Gasteiger partial charge in [0.05, 0.1) is 24.1 Å². The predicted molar refractivity (Wildman–Crippen MR) is 131 cm³/mol. The zero-order chi connectivity index (χ0) is 28.4. The van der Waals surface area contributed by atoms with Crippen LogP contribution in [0.2, 0.25) is 0 Å². The smallest absolute Gasteiger partial charge is 0.433 e. The third-order valence-corrected chi connectivity index (χ3v) is 6.26. The molecule has 12 heteroatoms. The van der Waals surface area contributed by atoms with E-state index in [0.29, 0.717) is 11.1 Å². The Hall–Kier alpha value is -4.22. The lowest BCUT2D eigenvalue weighted by Gasteiger charge is -2.24. The van der Waals surface area contributed by atoms with Crippen molar-refractivity contribution >= 4 is 11.6 Å². The first-order chi connectivity index (χ1) is 18.3. The summed E-state index contributed by atoms with van der Waals surface area (Å²) >= 11 is 0. The lowest BCUT2D eigenvalue weighted by Crippen LogP contribution is -2.39. The fourth-order valence-corrected chi connectivity index (χ4v) is 4.18. The van der Waals surface area contributed by atoms with Gasteiger partial charge in [0, 0.05) is 25.2 Å². The lowest BCUT2D eigenvalue weighted by atomic mass is 10.0. The van der Waals surface area contributed by atoms with E-state index in [1.54, 1.807) is 43.5 Å². The van der Waals surface area contributed by atoms with Gasteiger partial charge in [-0.25, -0.2) is 0 Å². The lowest BCUT2D eigenvalue weighted by molar-refractivity contribution is -0.137. The highest BCUT2D eigenvalue weighted by atomic mass is 19.4. The number of rotatable bonds is 7. The average molecular weight is 551 g/mol. The number of benzene rings is 2. The molecule has 3 N–H and O–H groups in total. The van der Waals surface area contributed by atoms with Gasteiger partial charge in [-0.05, 0) is 41.8 Å². The molecule has 1 saturated heterocycles. The molecule has 1 aliphatic rings. The highest BCUT2D eigenvalue weighted by Crippen LogP contribution is 2.30. The Labute approximate surface area is 219 Å². The van der Waals surface area contributed by atoms with Gasteiger partial charge in [-0.1, -0.05) is 36.4 Å². The number of hydrogen-bond acceptors (Lipinski definition) is 5. The van der Waals surface area contributed by atoms with Gasteiger partial charge in [-0.15, -0.1) is 0 Å². The van der Waals surface area contributed by atoms with Crippen LogP contribution in [0, 0.1) is 5.41 Å². The molecule has 0 aliphatic carbocycles. The normalized spacial score (nSPS) is 16.0. The standard InChI is InChI=1S/C27H24F6N4O2/c1-16(18-4-6-19(7-5-18)20-10-13-39-15-20)36-25(38)22(23(34)27(31,32)33)24-35-11-12-37(24)14-17-2-8-21(9-3-17)26(28,29)30/h2-10,13,15-16,34-35H,11-12,14H2,1H3,(H,36,38)/b24-22-,34-23?. The van der Waals surface area contributed by atoms with Crippen LogP contribution < -0.4 is 10.6 Å². The molecule has 1 fully saturated rings. The summed E-state index contributed by atoms with van der Waals surface area (Å²) in [6.45, 7) is 1.91. The van der Waals surface area contributed by atoms with Gasteiger partial charge in [-0.3, -0.25) is 10.2 Å². The number of carbonyl (C=O) groups is 1. The van der Waals surface area contributed by atoms with Crippen LogP contribution in [-0.2, 0) is 17.5 Å². The largest absolute Gasteiger partial charge is 0.472 e. The van der Waals surface area contributed by atoms with Crippen molar-refractivity contribution in [2.45, 2.75) is 31.9 Å². The number of amides is 1. The molecule has 1 atom stereocenters. The van der Waals surface area contributed by atoms with Crippen molar-refractivity contribution in [2.24, 2.45) is 0 Å². The SMILES string of the molecule is CC(NC(=O)/C(C(=N)C(F)(F)F)=C1/NCCN1Cc1ccc(C(F)(F)F)cc1)c1ccc(-c2ccoc2)cc1. The van der Waals surface area contributed by atoms with E-state index in [9.17, 15) is 31.1 Å². The Kier molecular flexibility index (Phi) is 7.75. The Balaban J connectivity index is 1.58. The van der Waals surface area contributed by atoms with E-state index in [1.807, 2.05) is 0 Å². The minimum atomic E-state index is -5.11. The summed E-state index contributed by atoms with van der Waals surface area (Å²) in [5.41, 5.74) is -0.871. The molecule has 0 bridgehead atoms. The number of carbonyl (C=O) groups excluding carboxylic acids is 1. The quantitative estimate of drug-likeness (QED) is 0.190. The summed E-state index contributed by atoms with van der Waals surface area (Å²) in [6, 6.07) is 12.3. The molecule has 1 aromatic heterocycles. The van der Waals surface area contributed by atoms with Crippen molar-refractivity contribution in [1.29, 1.82) is 5.41 Å². The maximum absolute atomic E-state index is 13.7. The highest BCUT2D eigenvalue weighted by Gasteiger charge is 2.42. The second-order valence-corrected chi connectivity index (χ2v) is 8.97. The number of nitrogens with one attached hydrogen (secondary N) is 3. The number of nitrogens with zero attached hydrogens (tertiary/aromatic N) is 1. The van der Waals surface area contributed by atoms with Crippen LogP contribution in [0.15, 0.2) is 82.9 Å². The Morgan fingerprint density at radius 2 is 1.69 bits per heavy atom. The third-order valence-electron chi connectivity index (χ3n) is 6.26. The summed E-state index contributed by atoms with van der Waals surface area (Å²) in [5, 5.41) is 13.1. The van der Waals surface area contributed by atoms with Gasteiger partial charge in [-0.2, -0.15) is 26.3 Å². The van der Waals surface area contributed by atoms with Crippen LogP contribution in [0.3, 0.4) is 0 Å². The minimum Gasteiger partial charge on any atom is -0.472 e. The summed E-state index contributed by atoms with van der Waals surface area (Å²) in [6.07, 6.45) is -6.55. The second-order valence-electron chi connectivity index (χ2n) is 8.97. The zero-order valence-electron chi connectivity index (χ0n) is 20.6. The monoisotopic (exact) mass is 550 g/mol. The van der Waals surface area contributed by atoms with E-state index in [1.165, 1.54) is 23.3 Å². The Morgan fingerprint density at radius 1 is 1.03 bits per heavy atom. The van der Waals surface area contributed by atoms with Crippen LogP contribution in [0.1, 0.15) is 29.7 Å². The maximum atomic E-state index is 13.7. The van der Waals surface area contributed by atoms with Crippen LogP contribution in [-0.4, -0.2) is 35.8 Å². The zero-order valence-corrected chi connectivity index (χ0v) is 20.6. The molecule has 0 saturated carbocycles. The van der Waals surface area contributed by atoms with Gasteiger partial charge in [0.25, 0.3) is 5.91 Å². The molecule has 39 heavy (non-hydrogen) atoms. The summed E-state index contributed by atoms with van der Waals surface area (Å²) in [5.74, 6) is -1.32. The van der Waals surface area contributed by atoms with Gasteiger partial charge in [0.15, 0.2) is 5.71 Å². The van der Waals surface area contributed by atoms with Crippen LogP contribution in [0.5, 0.6) is 0 Å². The first-order valence-electron chi connectivity index (χ1n) is 11.8. The van der Waals surface area contributed by atoms with Crippen LogP contribution >= 0.6 is 0 Å². The average Bonchev–Trinajstić information content (AvgIpc) is 3.56. The van der Waals surface area contributed by atoms with Gasteiger partial charge < -0.3 is 20.0 Å². The van der Waals surface area contributed by atoms with Crippen molar-refractivity contribution in [3.05, 3.63) is 95.2 Å². The van der Waals surface area contributed by atoms with Crippen LogP contribution in [0.4, 0.5) is 26.3 Å². The first kappa shape index (κ1) is 27.8. The van der Waals surface area contributed by atoms with Crippen LogP contribution in [0.25, 0.3) is 11.1 Å². The molecule has 206 valence electrons. The van der Waals surface area contributed by atoms with Gasteiger partial charge >= 0.3 is 12.4 Å². The maximum Gasteiger partial charge on any atom is 0.433 e. The molecule has 1 aliphatic heterocycles. The van der Waals surface area contributed by atoms with Crippen molar-refractivity contribution in [3.8, 4) is 11.1 Å². The minimum absolute atomic E-state index is 0.0621. The molecular formula is C27H24F6N4O2. The van der Waals surface area contributed by atoms with Crippen molar-refractivity contribution in [2.75, 3.05) is 13.1 Å². The van der Waals surface area contributed by atoms with E-state index in [-0.39, 0.29) is 25.5 Å². The van der Waals surface area contributed by atoms with Crippen molar-refractivity contribution < 1.29 is 35.6 Å². The molecule has 4 rings (SSSR count). The number of furan rings is 1. The van der Waals surface area contributed by atoms with E-state index in [4.69, 9.17) is 9.83 Å². The summed E-state index contributed by atoms with van der Waals surface area (Å²) < 4.78 is 84.7. The fourth-order valence-electron chi connectivity index (χ4n) is 4.18. The topological polar surface area (TPSA) is 81.4 Å². The highest BCUT2D eigenvalue weighted by molar-refractivity contribution is 6.23. The number of halogens is 6. The first-order valence-corrected chi connectivity index (χ1v) is 11.8. The molecule has 2 heterocycles. The number of hydrogen-bond donors (Lipinski definition) is 3. The summed E-state index contributed by atoms with van der Waals surface area (Å²) in [4.78, 5) is 14.6. The third kappa shape index (κ3) is 6.44. The van der Waals surface area contributed by atoms with E-state index in [0.717, 1.165) is 23.3 Å². The molecule has 3 aromatic rings. The van der Waals surface area contributed by atoms with Crippen molar-refractivity contribution in [3.63, 3.8) is 0 Å². The molecule has 0 spiro atoms. The van der Waals surface area contributed by atoms with Gasteiger partial charge in [0.1, 0.15) is 11.4 Å². The Bertz CT molecular complexity index is 1340. The van der Waals surface area contributed by atoms with E-state index in [2.05, 4.69) is 10.6 Å². The van der Waals surface area contributed by atoms with E-state index >= 15 is 0 Å².